The third-order valence-electron chi connectivity index (χ3n) is 3.60. The van der Waals surface area contributed by atoms with Crippen LogP contribution in [0.5, 0.6) is 5.75 Å². The molecule has 10 heteroatoms. The Morgan fingerprint density at radius 1 is 1.03 bits per heavy atom. The molecular weight excluding hydrogens is 548 g/mol. The normalized spacial score (nSPS) is 11.6. The van der Waals surface area contributed by atoms with Crippen LogP contribution in [0.2, 0.25) is 10.3 Å². The minimum Gasteiger partial charge on any atom is -0.497 e. The molecule has 29 heavy (non-hydrogen) atoms. The number of nitriles is 1. The molecule has 0 amide bonds. The van der Waals surface area contributed by atoms with E-state index < -0.39 is 15.1 Å². The van der Waals surface area contributed by atoms with Crippen molar-refractivity contribution in [1.82, 2.24) is 9.97 Å². The highest BCUT2D eigenvalue weighted by Gasteiger charge is 2.31. The fourth-order valence-corrected chi connectivity index (χ4v) is 4.38. The van der Waals surface area contributed by atoms with Gasteiger partial charge >= 0.3 is 0 Å². The highest BCUT2D eigenvalue weighted by molar-refractivity contribution is 14.1. The maximum Gasteiger partial charge on any atom is 0.198 e. The maximum absolute atomic E-state index is 12.6. The van der Waals surface area contributed by atoms with E-state index in [1.165, 1.54) is 49.7 Å². The molecule has 0 bridgehead atoms. The van der Waals surface area contributed by atoms with Crippen LogP contribution < -0.4 is 4.74 Å². The zero-order valence-electron chi connectivity index (χ0n) is 15.0. The molecule has 0 saturated heterocycles. The third-order valence-corrected chi connectivity index (χ3v) is 7.32. The first-order valence-corrected chi connectivity index (χ1v) is 11.3. The number of halogens is 3. The van der Waals surface area contributed by atoms with Crippen LogP contribution in [0.15, 0.2) is 65.8 Å². The van der Waals surface area contributed by atoms with Gasteiger partial charge in [0, 0.05) is 18.0 Å². The molecule has 1 atom stereocenters. The Hall–Kier alpha value is -1.93. The van der Waals surface area contributed by atoms with Crippen molar-refractivity contribution in [1.29, 1.82) is 5.26 Å². The Bertz CT molecular complexity index is 1100. The fourth-order valence-electron chi connectivity index (χ4n) is 2.17. The number of ether oxygens (including phenoxy) is 1. The topological polar surface area (TPSA) is 92.9 Å². The smallest absolute Gasteiger partial charge is 0.198 e. The van der Waals surface area contributed by atoms with E-state index in [1.54, 1.807) is 12.3 Å². The molecule has 0 fully saturated rings. The van der Waals surface area contributed by atoms with Crippen LogP contribution in [-0.2, 0) is 9.84 Å². The van der Waals surface area contributed by atoms with Gasteiger partial charge < -0.3 is 4.74 Å². The fraction of sp³-hybridized carbons (Fsp3) is 0.105. The van der Waals surface area contributed by atoms with Gasteiger partial charge in [-0.25, -0.2) is 18.4 Å². The van der Waals surface area contributed by atoms with Crippen LogP contribution in [0.3, 0.4) is 0 Å². The quantitative estimate of drug-likeness (QED) is 0.324. The number of sulfone groups is 1. The number of pyridine rings is 2. The molecule has 0 radical (unpaired) electrons. The van der Waals surface area contributed by atoms with Gasteiger partial charge in [-0.15, -0.1) is 0 Å². The van der Waals surface area contributed by atoms with Crippen LogP contribution in [0, 0.1) is 14.9 Å². The summed E-state index contributed by atoms with van der Waals surface area (Å²) in [6, 6.07) is 14.4. The Balaban J connectivity index is 0.000000313. The van der Waals surface area contributed by atoms with E-state index in [-0.39, 0.29) is 15.6 Å². The van der Waals surface area contributed by atoms with Gasteiger partial charge in [0.15, 0.2) is 15.1 Å². The van der Waals surface area contributed by atoms with Crippen molar-refractivity contribution >= 4 is 55.6 Å². The lowest BCUT2D eigenvalue weighted by Crippen LogP contribution is -2.13. The number of hydrogen-bond acceptors (Lipinski definition) is 6. The molecule has 2 aromatic heterocycles. The zero-order chi connectivity index (χ0) is 21.4. The number of benzene rings is 1. The molecule has 1 aromatic carbocycles. The lowest BCUT2D eigenvalue weighted by Gasteiger charge is -2.12. The Labute approximate surface area is 192 Å². The van der Waals surface area contributed by atoms with Crippen LogP contribution in [0.4, 0.5) is 0 Å². The van der Waals surface area contributed by atoms with Gasteiger partial charge in [-0.1, -0.05) is 29.3 Å². The number of methoxy groups -OCH3 is 1. The van der Waals surface area contributed by atoms with Crippen LogP contribution in [-0.4, -0.2) is 25.5 Å². The first-order valence-electron chi connectivity index (χ1n) is 7.95. The molecule has 0 saturated carbocycles. The van der Waals surface area contributed by atoms with Gasteiger partial charge in [0.1, 0.15) is 16.1 Å². The van der Waals surface area contributed by atoms with Gasteiger partial charge in [0.25, 0.3) is 0 Å². The first-order chi connectivity index (χ1) is 13.8. The molecule has 0 N–H and O–H groups in total. The molecule has 6 nitrogen and oxygen atoms in total. The standard InChI is InChI=1S/C14H11ClN2O3S.C5H3ClIN/c1-20-10-4-6-11(7-5-10)21(18,19)13(9-16)12-3-2-8-17-14(12)15;6-5-4(7)2-1-3-8-5/h2-8,13H,1H3;1-3H. The SMILES string of the molecule is COc1ccc(S(=O)(=O)C(C#N)c2cccnc2Cl)cc1.Clc1ncccc1I. The lowest BCUT2D eigenvalue weighted by atomic mass is 10.2. The molecule has 0 aliphatic rings. The number of aromatic nitrogens is 2. The van der Waals surface area contributed by atoms with Gasteiger partial charge in [-0.2, -0.15) is 5.26 Å². The molecule has 1 unspecified atom stereocenters. The van der Waals surface area contributed by atoms with Crippen LogP contribution >= 0.6 is 45.8 Å². The second-order valence-electron chi connectivity index (χ2n) is 5.39. The van der Waals surface area contributed by atoms with Crippen molar-refractivity contribution in [2.45, 2.75) is 10.1 Å². The number of nitrogens with zero attached hydrogens (tertiary/aromatic N) is 3. The summed E-state index contributed by atoms with van der Waals surface area (Å²) in [6.07, 6.45) is 3.10. The molecule has 0 aliphatic carbocycles. The van der Waals surface area contributed by atoms with E-state index in [0.29, 0.717) is 10.9 Å². The van der Waals surface area contributed by atoms with E-state index in [9.17, 15) is 13.7 Å². The van der Waals surface area contributed by atoms with E-state index in [1.807, 2.05) is 12.1 Å². The minimum atomic E-state index is -3.89. The molecule has 0 aliphatic heterocycles. The summed E-state index contributed by atoms with van der Waals surface area (Å²) in [7, 11) is -2.41. The number of hydrogen-bond donors (Lipinski definition) is 0. The summed E-state index contributed by atoms with van der Waals surface area (Å²) < 4.78 is 31.1. The summed E-state index contributed by atoms with van der Waals surface area (Å²) in [5.41, 5.74) is 0.164. The Kier molecular flexibility index (Phi) is 8.64. The summed E-state index contributed by atoms with van der Waals surface area (Å²) in [6.45, 7) is 0. The van der Waals surface area contributed by atoms with E-state index >= 15 is 0 Å². The largest absolute Gasteiger partial charge is 0.497 e. The van der Waals surface area contributed by atoms with Crippen molar-refractivity contribution in [3.63, 3.8) is 0 Å². The van der Waals surface area contributed by atoms with Crippen molar-refractivity contribution in [3.05, 3.63) is 80.4 Å². The van der Waals surface area contributed by atoms with E-state index in [2.05, 4.69) is 32.6 Å². The van der Waals surface area contributed by atoms with Gasteiger partial charge in [-0.3, -0.25) is 0 Å². The molecule has 3 aromatic rings. The lowest BCUT2D eigenvalue weighted by molar-refractivity contribution is 0.414. The van der Waals surface area contributed by atoms with Gasteiger partial charge in [0.2, 0.25) is 0 Å². The van der Waals surface area contributed by atoms with E-state index in [0.717, 1.165) is 3.57 Å². The van der Waals surface area contributed by atoms with Gasteiger partial charge in [-0.05, 0) is 65.1 Å². The van der Waals surface area contributed by atoms with Gasteiger partial charge in [0.05, 0.1) is 21.6 Å². The number of rotatable bonds is 4. The highest BCUT2D eigenvalue weighted by Crippen LogP contribution is 2.32. The highest BCUT2D eigenvalue weighted by atomic mass is 127. The second kappa shape index (κ2) is 10.7. The predicted octanol–water partition coefficient (Wildman–Crippen LogP) is 5.12. The Morgan fingerprint density at radius 2 is 1.62 bits per heavy atom. The summed E-state index contributed by atoms with van der Waals surface area (Å²) in [4.78, 5) is 7.67. The monoisotopic (exact) mass is 561 g/mol. The van der Waals surface area contributed by atoms with Crippen molar-refractivity contribution in [3.8, 4) is 11.8 Å². The molecule has 150 valence electrons. The third kappa shape index (κ3) is 6.02. The Morgan fingerprint density at radius 3 is 2.07 bits per heavy atom. The molecule has 0 spiro atoms. The van der Waals surface area contributed by atoms with Crippen molar-refractivity contribution in [2.24, 2.45) is 0 Å². The summed E-state index contributed by atoms with van der Waals surface area (Å²) >= 11 is 13.6. The minimum absolute atomic E-state index is 0.00105. The van der Waals surface area contributed by atoms with Crippen molar-refractivity contribution < 1.29 is 13.2 Å². The average molecular weight is 562 g/mol. The predicted molar refractivity (Wildman–Crippen MR) is 120 cm³/mol. The molecule has 3 rings (SSSR count). The summed E-state index contributed by atoms with van der Waals surface area (Å²) in [5, 5.41) is 8.43. The van der Waals surface area contributed by atoms with Crippen LogP contribution in [0.25, 0.3) is 0 Å². The second-order valence-corrected chi connectivity index (χ2v) is 9.30. The summed E-state index contributed by atoms with van der Waals surface area (Å²) in [5.74, 6) is 0.530. The molecule has 2 heterocycles. The first kappa shape index (κ1) is 23.3. The average Bonchev–Trinajstić information content (AvgIpc) is 2.72. The van der Waals surface area contributed by atoms with Crippen molar-refractivity contribution in [2.75, 3.05) is 7.11 Å². The van der Waals surface area contributed by atoms with E-state index in [4.69, 9.17) is 27.9 Å². The van der Waals surface area contributed by atoms with Crippen LogP contribution in [0.1, 0.15) is 10.8 Å². The molecular formula is C19H14Cl2IN3O3S. The maximum atomic E-state index is 12.6. The zero-order valence-corrected chi connectivity index (χ0v) is 19.4.